The third-order valence-corrected chi connectivity index (χ3v) is 5.42. The first kappa shape index (κ1) is 17.0. The molecule has 0 aliphatic carbocycles. The Kier molecular flexibility index (Phi) is 6.24. The smallest absolute Gasteiger partial charge is 0.233 e. The lowest BCUT2D eigenvalue weighted by Crippen LogP contribution is -2.44. The second-order valence-electron chi connectivity index (χ2n) is 6.07. The summed E-state index contributed by atoms with van der Waals surface area (Å²) >= 11 is 1.60. The van der Waals surface area contributed by atoms with Crippen molar-refractivity contribution in [3.8, 4) is 0 Å². The number of likely N-dealkylation sites (tertiary alicyclic amines) is 1. The summed E-state index contributed by atoms with van der Waals surface area (Å²) < 4.78 is 0. The molecule has 24 heavy (non-hydrogen) atoms. The van der Waals surface area contributed by atoms with E-state index in [-0.39, 0.29) is 5.91 Å². The molecule has 5 heteroatoms. The molecule has 4 nitrogen and oxygen atoms in total. The number of carbonyl (C=O) groups excluding carboxylic acids is 1. The van der Waals surface area contributed by atoms with Crippen LogP contribution in [-0.2, 0) is 11.2 Å². The van der Waals surface area contributed by atoms with Crippen molar-refractivity contribution >= 4 is 17.7 Å². The van der Waals surface area contributed by atoms with Gasteiger partial charge in [0.05, 0.1) is 5.75 Å². The van der Waals surface area contributed by atoms with Gasteiger partial charge in [-0.15, -0.1) is 11.8 Å². The van der Waals surface area contributed by atoms with E-state index in [0.29, 0.717) is 11.8 Å². The Hall–Kier alpha value is -1.88. The zero-order valence-corrected chi connectivity index (χ0v) is 14.6. The summed E-state index contributed by atoms with van der Waals surface area (Å²) in [6.07, 6.45) is 10.8. The van der Waals surface area contributed by atoms with Gasteiger partial charge in [-0.25, -0.2) is 0 Å². The van der Waals surface area contributed by atoms with Gasteiger partial charge < -0.3 is 4.90 Å². The fourth-order valence-corrected chi connectivity index (χ4v) is 3.92. The van der Waals surface area contributed by atoms with Gasteiger partial charge in [0.25, 0.3) is 0 Å². The van der Waals surface area contributed by atoms with Crippen molar-refractivity contribution < 1.29 is 4.79 Å². The summed E-state index contributed by atoms with van der Waals surface area (Å²) in [6.45, 7) is 0.891. The highest BCUT2D eigenvalue weighted by Gasteiger charge is 2.26. The summed E-state index contributed by atoms with van der Waals surface area (Å²) in [6, 6.07) is 10.3. The van der Waals surface area contributed by atoms with Crippen LogP contribution in [0.25, 0.3) is 0 Å². The lowest BCUT2D eigenvalue weighted by Gasteiger charge is -2.36. The van der Waals surface area contributed by atoms with Crippen LogP contribution in [0.5, 0.6) is 0 Å². The van der Waals surface area contributed by atoms with Gasteiger partial charge in [0.1, 0.15) is 0 Å². The number of aromatic nitrogens is 2. The Morgan fingerprint density at radius 2 is 2.04 bits per heavy atom. The summed E-state index contributed by atoms with van der Waals surface area (Å²) in [7, 11) is 0. The molecule has 0 aromatic carbocycles. The molecule has 1 atom stereocenters. The number of hydrogen-bond acceptors (Lipinski definition) is 4. The fraction of sp³-hybridized carbons (Fsp3) is 0.421. The molecule has 1 saturated heterocycles. The van der Waals surface area contributed by atoms with E-state index < -0.39 is 0 Å². The normalized spacial score (nSPS) is 17.7. The van der Waals surface area contributed by atoms with Crippen LogP contribution in [0.2, 0.25) is 0 Å². The molecule has 0 spiro atoms. The van der Waals surface area contributed by atoms with Crippen LogP contribution in [0.4, 0.5) is 0 Å². The molecule has 1 aliphatic rings. The topological polar surface area (TPSA) is 46.1 Å². The number of aryl methyl sites for hydroxylation is 1. The maximum absolute atomic E-state index is 12.7. The molecule has 2 aromatic heterocycles. The summed E-state index contributed by atoms with van der Waals surface area (Å²) in [5.41, 5.74) is 1.11. The molecular weight excluding hydrogens is 318 g/mol. The molecule has 3 heterocycles. The minimum Gasteiger partial charge on any atom is -0.339 e. The van der Waals surface area contributed by atoms with E-state index in [1.54, 1.807) is 24.2 Å². The van der Waals surface area contributed by atoms with E-state index in [1.165, 1.54) is 6.42 Å². The van der Waals surface area contributed by atoms with Crippen molar-refractivity contribution in [2.75, 3.05) is 12.3 Å². The highest BCUT2D eigenvalue weighted by Crippen LogP contribution is 2.24. The number of amides is 1. The molecule has 0 saturated carbocycles. The lowest BCUT2D eigenvalue weighted by molar-refractivity contribution is -0.132. The zero-order valence-electron chi connectivity index (χ0n) is 13.8. The molecule has 0 N–H and O–H groups in total. The van der Waals surface area contributed by atoms with Crippen molar-refractivity contribution in [3.05, 3.63) is 54.6 Å². The lowest BCUT2D eigenvalue weighted by atomic mass is 9.97. The third-order valence-electron chi connectivity index (χ3n) is 4.42. The predicted octanol–water partition coefficient (Wildman–Crippen LogP) is 3.58. The van der Waals surface area contributed by atoms with E-state index in [0.717, 1.165) is 42.8 Å². The van der Waals surface area contributed by atoms with Crippen LogP contribution in [0, 0.1) is 0 Å². The molecule has 1 fully saturated rings. The molecule has 0 bridgehead atoms. The van der Waals surface area contributed by atoms with Gasteiger partial charge in [0.15, 0.2) is 0 Å². The van der Waals surface area contributed by atoms with Gasteiger partial charge in [-0.3, -0.25) is 14.8 Å². The molecule has 2 aromatic rings. The number of nitrogens with zero attached hydrogens (tertiary/aromatic N) is 3. The third kappa shape index (κ3) is 4.81. The number of hydrogen-bond donors (Lipinski definition) is 0. The number of carbonyl (C=O) groups is 1. The quantitative estimate of drug-likeness (QED) is 0.754. The van der Waals surface area contributed by atoms with E-state index in [4.69, 9.17) is 0 Å². The van der Waals surface area contributed by atoms with Gasteiger partial charge in [0.2, 0.25) is 5.91 Å². The first-order chi connectivity index (χ1) is 11.8. The minimum absolute atomic E-state index is 0.252. The SMILES string of the molecule is O=C(CSc1ccncc1)N1CCCCC1CCc1ccccn1. The summed E-state index contributed by atoms with van der Waals surface area (Å²) in [4.78, 5) is 24.3. The average Bonchev–Trinajstić information content (AvgIpc) is 2.66. The minimum atomic E-state index is 0.252. The van der Waals surface area contributed by atoms with E-state index in [9.17, 15) is 4.79 Å². The Bertz CT molecular complexity index is 636. The monoisotopic (exact) mass is 341 g/mol. The number of rotatable bonds is 6. The molecular formula is C19H23N3OS. The second kappa shape index (κ2) is 8.83. The van der Waals surface area contributed by atoms with Crippen LogP contribution in [-0.4, -0.2) is 39.1 Å². The van der Waals surface area contributed by atoms with Crippen molar-refractivity contribution in [1.29, 1.82) is 0 Å². The van der Waals surface area contributed by atoms with E-state index in [1.807, 2.05) is 30.5 Å². The molecule has 126 valence electrons. The number of piperidine rings is 1. The Labute approximate surface area is 147 Å². The standard InChI is InChI=1S/C19H23N3OS/c23-19(15-24-18-9-12-20-13-10-18)22-14-4-2-6-17(22)8-7-16-5-1-3-11-21-16/h1,3,5,9-13,17H,2,4,6-8,14-15H2. The maximum Gasteiger partial charge on any atom is 0.233 e. The Morgan fingerprint density at radius 1 is 1.17 bits per heavy atom. The molecule has 3 rings (SSSR count). The molecule has 1 unspecified atom stereocenters. The van der Waals surface area contributed by atoms with Gasteiger partial charge in [-0.05, 0) is 56.4 Å². The number of thioether (sulfide) groups is 1. The Morgan fingerprint density at radius 3 is 2.83 bits per heavy atom. The number of pyridine rings is 2. The van der Waals surface area contributed by atoms with Crippen LogP contribution >= 0.6 is 11.8 Å². The highest BCUT2D eigenvalue weighted by atomic mass is 32.2. The molecule has 1 aliphatic heterocycles. The molecule has 1 amide bonds. The highest BCUT2D eigenvalue weighted by molar-refractivity contribution is 8.00. The first-order valence-corrected chi connectivity index (χ1v) is 9.54. The largest absolute Gasteiger partial charge is 0.339 e. The van der Waals surface area contributed by atoms with Gasteiger partial charge in [-0.1, -0.05) is 6.07 Å². The van der Waals surface area contributed by atoms with Gasteiger partial charge in [-0.2, -0.15) is 0 Å². The predicted molar refractivity (Wildman–Crippen MR) is 96.9 cm³/mol. The van der Waals surface area contributed by atoms with Crippen molar-refractivity contribution in [2.24, 2.45) is 0 Å². The van der Waals surface area contributed by atoms with Crippen LogP contribution in [0.15, 0.2) is 53.8 Å². The second-order valence-corrected chi connectivity index (χ2v) is 7.12. The van der Waals surface area contributed by atoms with Crippen molar-refractivity contribution in [3.63, 3.8) is 0 Å². The average molecular weight is 341 g/mol. The summed E-state index contributed by atoms with van der Waals surface area (Å²) in [5, 5.41) is 0. The van der Waals surface area contributed by atoms with Crippen LogP contribution in [0.3, 0.4) is 0 Å². The maximum atomic E-state index is 12.7. The van der Waals surface area contributed by atoms with E-state index in [2.05, 4.69) is 20.9 Å². The Balaban J connectivity index is 1.54. The van der Waals surface area contributed by atoms with Crippen LogP contribution < -0.4 is 0 Å². The first-order valence-electron chi connectivity index (χ1n) is 8.55. The van der Waals surface area contributed by atoms with Gasteiger partial charge in [0, 0.05) is 41.8 Å². The fourth-order valence-electron chi connectivity index (χ4n) is 3.15. The van der Waals surface area contributed by atoms with E-state index >= 15 is 0 Å². The van der Waals surface area contributed by atoms with Crippen molar-refractivity contribution in [1.82, 2.24) is 14.9 Å². The molecule has 0 radical (unpaired) electrons. The summed E-state index contributed by atoms with van der Waals surface area (Å²) in [5.74, 6) is 0.756. The van der Waals surface area contributed by atoms with Crippen molar-refractivity contribution in [2.45, 2.75) is 43.0 Å². The zero-order chi connectivity index (χ0) is 16.6. The van der Waals surface area contributed by atoms with Crippen LogP contribution in [0.1, 0.15) is 31.4 Å². The van der Waals surface area contributed by atoms with Gasteiger partial charge >= 0.3 is 0 Å².